The molecule has 0 unspecified atom stereocenters. The largest absolute Gasteiger partial charge is 0.368 e. The molecule has 0 aliphatic carbocycles. The molecule has 1 fully saturated rings. The van der Waals surface area contributed by atoms with Gasteiger partial charge in [0.15, 0.2) is 0 Å². The van der Waals surface area contributed by atoms with Crippen LogP contribution in [0.1, 0.15) is 11.9 Å². The SMILES string of the molecule is CCc1nnc(NC(=O)N2CCN(c3ccc(F)cc3)CC2)s1. The summed E-state index contributed by atoms with van der Waals surface area (Å²) in [6.07, 6.45) is 0.809. The molecule has 1 saturated heterocycles. The molecular weight excluding hydrogens is 317 g/mol. The molecule has 2 heterocycles. The van der Waals surface area contributed by atoms with E-state index >= 15 is 0 Å². The average Bonchev–Trinajstić information content (AvgIpc) is 3.03. The molecule has 1 aliphatic rings. The first-order valence-electron chi connectivity index (χ1n) is 7.54. The highest BCUT2D eigenvalue weighted by molar-refractivity contribution is 7.15. The van der Waals surface area contributed by atoms with Crippen molar-refractivity contribution >= 4 is 28.2 Å². The lowest BCUT2D eigenvalue weighted by molar-refractivity contribution is 0.208. The number of halogens is 1. The Bertz CT molecular complexity index is 667. The summed E-state index contributed by atoms with van der Waals surface area (Å²) in [6.45, 7) is 4.66. The Balaban J connectivity index is 1.53. The Morgan fingerprint density at radius 3 is 2.52 bits per heavy atom. The van der Waals surface area contributed by atoms with Crippen LogP contribution in [0.3, 0.4) is 0 Å². The van der Waals surface area contributed by atoms with Crippen molar-refractivity contribution < 1.29 is 9.18 Å². The van der Waals surface area contributed by atoms with Crippen molar-refractivity contribution in [3.8, 4) is 0 Å². The number of urea groups is 1. The maximum atomic E-state index is 13.0. The summed E-state index contributed by atoms with van der Waals surface area (Å²) in [4.78, 5) is 16.1. The minimum absolute atomic E-state index is 0.150. The van der Waals surface area contributed by atoms with Crippen LogP contribution in [0.15, 0.2) is 24.3 Å². The van der Waals surface area contributed by atoms with Gasteiger partial charge >= 0.3 is 6.03 Å². The molecule has 1 aliphatic heterocycles. The number of aryl methyl sites for hydroxylation is 1. The Morgan fingerprint density at radius 2 is 1.91 bits per heavy atom. The molecule has 8 heteroatoms. The van der Waals surface area contributed by atoms with Crippen LogP contribution in [0.5, 0.6) is 0 Å². The van der Waals surface area contributed by atoms with Gasteiger partial charge in [-0.3, -0.25) is 5.32 Å². The summed E-state index contributed by atoms with van der Waals surface area (Å²) in [5.41, 5.74) is 0.975. The number of nitrogens with one attached hydrogen (secondary N) is 1. The maximum Gasteiger partial charge on any atom is 0.323 e. The predicted molar refractivity (Wildman–Crippen MR) is 88.5 cm³/mol. The number of nitrogens with zero attached hydrogens (tertiary/aromatic N) is 4. The Labute approximate surface area is 137 Å². The molecule has 2 amide bonds. The number of piperazine rings is 1. The zero-order chi connectivity index (χ0) is 16.2. The minimum Gasteiger partial charge on any atom is -0.368 e. The number of carbonyl (C=O) groups is 1. The van der Waals surface area contributed by atoms with Gasteiger partial charge < -0.3 is 9.80 Å². The fourth-order valence-corrected chi connectivity index (χ4v) is 3.11. The first-order chi connectivity index (χ1) is 11.2. The van der Waals surface area contributed by atoms with E-state index in [1.165, 1.54) is 23.5 Å². The number of amides is 2. The summed E-state index contributed by atoms with van der Waals surface area (Å²) >= 11 is 1.40. The quantitative estimate of drug-likeness (QED) is 0.936. The maximum absolute atomic E-state index is 13.0. The van der Waals surface area contributed by atoms with E-state index in [9.17, 15) is 9.18 Å². The van der Waals surface area contributed by atoms with Crippen LogP contribution in [-0.2, 0) is 6.42 Å². The molecule has 122 valence electrons. The predicted octanol–water partition coefficient (Wildman–Crippen LogP) is 2.59. The number of hydrogen-bond acceptors (Lipinski definition) is 5. The molecule has 0 spiro atoms. The van der Waals surface area contributed by atoms with Gasteiger partial charge in [-0.15, -0.1) is 10.2 Å². The number of hydrogen-bond donors (Lipinski definition) is 1. The summed E-state index contributed by atoms with van der Waals surface area (Å²) in [5.74, 6) is -0.240. The van der Waals surface area contributed by atoms with E-state index in [1.807, 2.05) is 6.92 Å². The van der Waals surface area contributed by atoms with Crippen molar-refractivity contribution in [2.45, 2.75) is 13.3 Å². The first-order valence-corrected chi connectivity index (χ1v) is 8.36. The monoisotopic (exact) mass is 335 g/mol. The highest BCUT2D eigenvalue weighted by Gasteiger charge is 2.22. The molecule has 1 aromatic carbocycles. The standard InChI is InChI=1S/C15H18FN5OS/c1-2-13-18-19-14(23-13)17-15(22)21-9-7-20(8-10-21)12-5-3-11(16)4-6-12/h3-6H,2,7-10H2,1H3,(H,17,19,22). The first kappa shape index (κ1) is 15.7. The van der Waals surface area contributed by atoms with Crippen LogP contribution in [0.4, 0.5) is 20.0 Å². The van der Waals surface area contributed by atoms with Gasteiger partial charge in [0.25, 0.3) is 0 Å². The van der Waals surface area contributed by atoms with Gasteiger partial charge in [-0.25, -0.2) is 9.18 Å². The normalized spacial score (nSPS) is 14.9. The minimum atomic E-state index is -0.240. The lowest BCUT2D eigenvalue weighted by Gasteiger charge is -2.35. The van der Waals surface area contributed by atoms with E-state index in [1.54, 1.807) is 17.0 Å². The third kappa shape index (κ3) is 3.76. The van der Waals surface area contributed by atoms with Gasteiger partial charge in [-0.1, -0.05) is 18.3 Å². The number of aromatic nitrogens is 2. The molecule has 0 saturated carbocycles. The Hall–Kier alpha value is -2.22. The van der Waals surface area contributed by atoms with Gasteiger partial charge in [-0.05, 0) is 30.7 Å². The van der Waals surface area contributed by atoms with Crippen molar-refractivity contribution in [3.63, 3.8) is 0 Å². The topological polar surface area (TPSA) is 61.4 Å². The molecule has 3 rings (SSSR count). The number of anilines is 2. The Morgan fingerprint density at radius 1 is 1.22 bits per heavy atom. The lowest BCUT2D eigenvalue weighted by atomic mass is 10.2. The van der Waals surface area contributed by atoms with E-state index in [2.05, 4.69) is 20.4 Å². The van der Waals surface area contributed by atoms with Gasteiger partial charge in [0, 0.05) is 31.9 Å². The summed E-state index contributed by atoms with van der Waals surface area (Å²) in [6, 6.07) is 6.28. The fourth-order valence-electron chi connectivity index (χ4n) is 2.44. The summed E-state index contributed by atoms with van der Waals surface area (Å²) in [5, 5.41) is 12.2. The van der Waals surface area contributed by atoms with E-state index in [4.69, 9.17) is 0 Å². The second-order valence-corrected chi connectivity index (χ2v) is 6.30. The van der Waals surface area contributed by atoms with Crippen molar-refractivity contribution in [3.05, 3.63) is 35.1 Å². The van der Waals surface area contributed by atoms with E-state index in [0.717, 1.165) is 30.2 Å². The second-order valence-electron chi connectivity index (χ2n) is 5.24. The molecule has 0 bridgehead atoms. The number of rotatable bonds is 3. The molecule has 1 aromatic heterocycles. The molecule has 1 N–H and O–H groups in total. The van der Waals surface area contributed by atoms with Gasteiger partial charge in [0.05, 0.1) is 0 Å². The summed E-state index contributed by atoms with van der Waals surface area (Å²) < 4.78 is 13.0. The van der Waals surface area contributed by atoms with Crippen molar-refractivity contribution in [1.29, 1.82) is 0 Å². The van der Waals surface area contributed by atoms with E-state index in [0.29, 0.717) is 18.2 Å². The zero-order valence-electron chi connectivity index (χ0n) is 12.8. The van der Waals surface area contributed by atoms with Crippen LogP contribution in [0.25, 0.3) is 0 Å². The van der Waals surface area contributed by atoms with E-state index in [-0.39, 0.29) is 11.8 Å². The van der Waals surface area contributed by atoms with Crippen LogP contribution in [0.2, 0.25) is 0 Å². The summed E-state index contributed by atoms with van der Waals surface area (Å²) in [7, 11) is 0. The molecule has 0 atom stereocenters. The molecule has 0 radical (unpaired) electrons. The van der Waals surface area contributed by atoms with Gasteiger partial charge in [-0.2, -0.15) is 0 Å². The highest BCUT2D eigenvalue weighted by Crippen LogP contribution is 2.19. The number of carbonyl (C=O) groups excluding carboxylic acids is 1. The molecular formula is C15H18FN5OS. The smallest absolute Gasteiger partial charge is 0.323 e. The van der Waals surface area contributed by atoms with Crippen LogP contribution in [0, 0.1) is 5.82 Å². The highest BCUT2D eigenvalue weighted by atomic mass is 32.1. The molecule has 2 aromatic rings. The third-order valence-corrected chi connectivity index (χ3v) is 4.72. The number of benzene rings is 1. The van der Waals surface area contributed by atoms with E-state index < -0.39 is 0 Å². The van der Waals surface area contributed by atoms with Gasteiger partial charge in [0.1, 0.15) is 10.8 Å². The van der Waals surface area contributed by atoms with Crippen molar-refractivity contribution in [2.75, 3.05) is 36.4 Å². The second kappa shape index (κ2) is 6.91. The van der Waals surface area contributed by atoms with Crippen LogP contribution < -0.4 is 10.2 Å². The average molecular weight is 335 g/mol. The van der Waals surface area contributed by atoms with Crippen LogP contribution >= 0.6 is 11.3 Å². The Kier molecular flexibility index (Phi) is 4.71. The molecule has 23 heavy (non-hydrogen) atoms. The molecule has 6 nitrogen and oxygen atoms in total. The lowest BCUT2D eigenvalue weighted by Crippen LogP contribution is -2.50. The van der Waals surface area contributed by atoms with Gasteiger partial charge in [0.2, 0.25) is 5.13 Å². The third-order valence-electron chi connectivity index (χ3n) is 3.74. The fraction of sp³-hybridized carbons (Fsp3) is 0.400. The van der Waals surface area contributed by atoms with Crippen LogP contribution in [-0.4, -0.2) is 47.3 Å². The zero-order valence-corrected chi connectivity index (χ0v) is 13.6. The van der Waals surface area contributed by atoms with Crippen molar-refractivity contribution in [2.24, 2.45) is 0 Å². The van der Waals surface area contributed by atoms with Crippen molar-refractivity contribution in [1.82, 2.24) is 15.1 Å².